The molecule has 3 aromatic heterocycles. The van der Waals surface area contributed by atoms with Gasteiger partial charge in [-0.05, 0) is 109 Å². The average Bonchev–Trinajstić information content (AvgIpc) is 1.59. The lowest BCUT2D eigenvalue weighted by Gasteiger charge is -2.34. The van der Waals surface area contributed by atoms with Crippen LogP contribution in [0.25, 0.3) is 33.8 Å². The van der Waals surface area contributed by atoms with Gasteiger partial charge >= 0.3 is 36.6 Å². The van der Waals surface area contributed by atoms with Crippen LogP contribution in [0.2, 0.25) is 0 Å². The zero-order chi connectivity index (χ0) is 72.5. The summed E-state index contributed by atoms with van der Waals surface area (Å²) in [5, 5.41) is 12.5. The number of ether oxygens (including phenoxy) is 1. The Hall–Kier alpha value is -8.37. The summed E-state index contributed by atoms with van der Waals surface area (Å²) >= 11 is 0. The van der Waals surface area contributed by atoms with Crippen LogP contribution in [0.1, 0.15) is 86.1 Å². The van der Waals surface area contributed by atoms with Crippen LogP contribution >= 0.6 is 0 Å². The molecule has 0 bridgehead atoms. The predicted molar refractivity (Wildman–Crippen MR) is 380 cm³/mol. The minimum Gasteiger partial charge on any atom is -0.465 e. The maximum Gasteiger partial charge on any atom is 0.337 e. The number of nitrogens with zero attached hydrogens (tertiary/aromatic N) is 12. The molecule has 8 aliphatic rings. The molecule has 5 fully saturated rings. The Bertz CT molecular complexity index is 4550. The zero-order valence-electron chi connectivity index (χ0n) is 56.6. The first kappa shape index (κ1) is 77.8. The second-order valence-corrected chi connectivity index (χ2v) is 31.8. The molecule has 3 unspecified atom stereocenters. The molecule has 2 N–H and O–H groups in total. The minimum absolute atomic E-state index is 0. The van der Waals surface area contributed by atoms with Crippen molar-refractivity contribution in [3.8, 4) is 33.8 Å². The highest BCUT2D eigenvalue weighted by atomic mass is 32.2. The molecule has 3 saturated carbocycles. The lowest BCUT2D eigenvalue weighted by atomic mass is 10.0. The number of fused-ring (bicyclic) bond motifs is 3. The van der Waals surface area contributed by atoms with E-state index in [4.69, 9.17) is 4.74 Å². The summed E-state index contributed by atoms with van der Waals surface area (Å²) in [5.41, 5.74) is 9.80. The summed E-state index contributed by atoms with van der Waals surface area (Å²) in [6.45, 7) is 15.4. The van der Waals surface area contributed by atoms with Gasteiger partial charge in [0.2, 0.25) is 11.8 Å². The number of halogens is 6. The normalized spacial score (nSPS) is 21.4. The highest BCUT2D eigenvalue weighted by Crippen LogP contribution is 2.54. The second kappa shape index (κ2) is 29.4. The summed E-state index contributed by atoms with van der Waals surface area (Å²) in [5.74, 6) is -10.9. The summed E-state index contributed by atoms with van der Waals surface area (Å²) in [6, 6.07) is 26.5. The molecule has 0 radical (unpaired) electrons. The molecule has 554 valence electrons. The molecule has 3 atom stereocenters. The molecule has 2 amide bonds. The van der Waals surface area contributed by atoms with E-state index in [1.54, 1.807) is 80.6 Å². The number of aliphatic hydroxyl groups is 1. The van der Waals surface area contributed by atoms with Crippen LogP contribution in [0.5, 0.6) is 0 Å². The van der Waals surface area contributed by atoms with Gasteiger partial charge in [0.1, 0.15) is 0 Å². The third-order valence-corrected chi connectivity index (χ3v) is 24.5. The van der Waals surface area contributed by atoms with Crippen molar-refractivity contribution < 1.29 is 75.8 Å². The van der Waals surface area contributed by atoms with Crippen LogP contribution in [-0.4, -0.2) is 196 Å². The fourth-order valence-corrected chi connectivity index (χ4v) is 16.7. The third kappa shape index (κ3) is 15.7. The van der Waals surface area contributed by atoms with Crippen LogP contribution in [0.4, 0.5) is 60.9 Å². The van der Waals surface area contributed by atoms with Crippen LogP contribution in [-0.2, 0) is 58.1 Å². The summed E-state index contributed by atoms with van der Waals surface area (Å²) in [6.07, 6.45) is -0.904. The van der Waals surface area contributed by atoms with Gasteiger partial charge in [-0.1, -0.05) is 45.2 Å². The highest BCUT2D eigenvalue weighted by Gasteiger charge is 2.61. The maximum atomic E-state index is 13.5. The number of nitrogens with one attached hydrogen (secondary N) is 1. The number of anilines is 6. The quantitative estimate of drug-likeness (QED) is 0.0806. The number of benzene rings is 3. The van der Waals surface area contributed by atoms with E-state index < -0.39 is 72.1 Å². The number of pyridine rings is 3. The molecular formula is C69H87F6N13O11S3. The van der Waals surface area contributed by atoms with Crippen molar-refractivity contribution in [1.29, 1.82) is 0 Å². The Morgan fingerprint density at radius 1 is 0.510 bits per heavy atom. The van der Waals surface area contributed by atoms with E-state index >= 15 is 0 Å². The number of alkyl halides is 6. The zero-order valence-corrected chi connectivity index (χ0v) is 59.0. The molecule has 6 aromatic rings. The summed E-state index contributed by atoms with van der Waals surface area (Å²) in [4.78, 5) is 53.7. The summed E-state index contributed by atoms with van der Waals surface area (Å²) in [7, 11) is -6.43. The van der Waals surface area contributed by atoms with Crippen LogP contribution in [0.3, 0.4) is 0 Å². The van der Waals surface area contributed by atoms with Crippen LogP contribution in [0, 0.1) is 38.5 Å². The first-order valence-corrected chi connectivity index (χ1v) is 36.6. The first-order chi connectivity index (χ1) is 47.0. The van der Waals surface area contributed by atoms with Gasteiger partial charge in [-0.25, -0.2) is 71.9 Å². The van der Waals surface area contributed by atoms with Crippen molar-refractivity contribution in [2.45, 2.75) is 99.7 Å². The smallest absolute Gasteiger partial charge is 0.337 e. The van der Waals surface area contributed by atoms with Crippen LogP contribution in [0.15, 0.2) is 91.0 Å². The molecule has 33 heteroatoms. The van der Waals surface area contributed by atoms with Crippen molar-refractivity contribution in [2.24, 2.45) is 17.8 Å². The Labute approximate surface area is 592 Å². The fraction of sp³-hybridized carbons (Fsp3) is 0.478. The van der Waals surface area contributed by atoms with Gasteiger partial charge < -0.3 is 25.0 Å². The van der Waals surface area contributed by atoms with Gasteiger partial charge in [-0.2, -0.15) is 25.3 Å². The fourth-order valence-electron chi connectivity index (χ4n) is 12.5. The van der Waals surface area contributed by atoms with Crippen molar-refractivity contribution in [3.05, 3.63) is 124 Å². The first-order valence-electron chi connectivity index (χ1n) is 32.4. The van der Waals surface area contributed by atoms with Gasteiger partial charge in [-0.3, -0.25) is 14.5 Å². The van der Waals surface area contributed by atoms with Crippen molar-refractivity contribution in [1.82, 2.24) is 35.0 Å². The van der Waals surface area contributed by atoms with Gasteiger partial charge in [0.25, 0.3) is 17.8 Å². The number of methoxy groups -OCH3 is 1. The standard InChI is InChI=1S/C24H29F2N5O3S.C19H19F2N3O4S.C18H19F2N3O3S.C6H12N2O.2CH4/c1-16-4-5-18(14-29-8-10-30(11-9-29)17(2)32)12-20(16)21-6-7-22-23(27-21)28(3)35(33,34)31(22)15-19-13-24(19,25)26;1-11-4-5-12(18(25)28-3)8-14(11)15-6-7-16-17(22-15)23(2)29(26,27)24(16)10-13-9-19(13,20)21;1-11-3-4-12(10-24)7-14(11)15-5-6-16-17(21-15)22(2)27(25,26)23(16)9-13-8-18(13,19)20;1-6(9)8-4-2-7-3-5-8;;/h4-7,12,19H,8-11,13-15H2,1-3H3;4-8,13H,9-10H2,1-3H3;3-7,13,24H,8-10H2,1-2H3;7H,2-5H2,1H3;2*1H4. The van der Waals surface area contributed by atoms with Gasteiger partial charge in [0.05, 0.1) is 53.4 Å². The number of hydrogen-bond donors (Lipinski definition) is 2. The van der Waals surface area contributed by atoms with Gasteiger partial charge in [0, 0.05) is 167 Å². The average molecular weight is 1480 g/mol. The van der Waals surface area contributed by atoms with E-state index in [1.807, 2.05) is 42.7 Å². The van der Waals surface area contributed by atoms with E-state index in [-0.39, 0.29) is 95.3 Å². The molecule has 14 rings (SSSR count). The molecule has 8 heterocycles. The van der Waals surface area contributed by atoms with Crippen molar-refractivity contribution in [3.63, 3.8) is 0 Å². The molecular weight excluding hydrogens is 1400 g/mol. The Balaban J connectivity index is 0.000000167. The second-order valence-electron chi connectivity index (χ2n) is 26.1. The monoisotopic (exact) mass is 1480 g/mol. The largest absolute Gasteiger partial charge is 0.465 e. The SMILES string of the molecule is C.C.CC(=O)N1CCN(Cc2ccc(C)c(-c3ccc4c(n3)N(C)S(=O)(=O)N4CC3CC3(F)F)c2)CC1.CC(=O)N1CCNCC1.COC(=O)c1ccc(C)c(-c2ccc3c(n2)N(C)S(=O)(=O)N3CC2CC2(F)F)c1.Cc1ccc(CO)cc1-c1ccc2c(n1)N(C)S(=O)(=O)N2CC1CC1(F)F. The van der Waals surface area contributed by atoms with E-state index in [0.717, 1.165) is 111 Å². The van der Waals surface area contributed by atoms with Crippen molar-refractivity contribution >= 4 is 82.9 Å². The Kier molecular flexibility index (Phi) is 22.4. The molecule has 102 heavy (non-hydrogen) atoms. The van der Waals surface area contributed by atoms with E-state index in [0.29, 0.717) is 52.7 Å². The molecule has 3 aliphatic carbocycles. The maximum absolute atomic E-state index is 13.5. The van der Waals surface area contributed by atoms with Gasteiger partial charge in [-0.15, -0.1) is 0 Å². The number of carbonyl (C=O) groups is 3. The van der Waals surface area contributed by atoms with E-state index in [9.17, 15) is 71.1 Å². The number of aromatic nitrogens is 3. The third-order valence-electron chi connectivity index (χ3n) is 19.2. The number of esters is 1. The number of aryl methyl sites for hydroxylation is 3. The number of carbonyl (C=O) groups excluding carboxylic acids is 3. The number of rotatable bonds is 13. The van der Waals surface area contributed by atoms with Crippen molar-refractivity contribution in [2.75, 3.05) is 126 Å². The number of aliphatic hydroxyl groups excluding tert-OH is 1. The molecule has 2 saturated heterocycles. The lowest BCUT2D eigenvalue weighted by Crippen LogP contribution is -2.47. The topological polar surface area (TPSA) is 263 Å². The number of piperazine rings is 2. The lowest BCUT2D eigenvalue weighted by molar-refractivity contribution is -0.131. The molecule has 3 aromatic carbocycles. The Morgan fingerprint density at radius 2 is 0.843 bits per heavy atom. The van der Waals surface area contributed by atoms with Gasteiger partial charge in [0.15, 0.2) is 17.5 Å². The minimum atomic E-state index is -3.97. The van der Waals surface area contributed by atoms with E-state index in [1.165, 1.54) is 28.3 Å². The predicted octanol–water partition coefficient (Wildman–Crippen LogP) is 9.29. The molecule has 24 nitrogen and oxygen atoms in total. The number of amides is 2. The molecule has 5 aliphatic heterocycles. The Morgan fingerprint density at radius 3 is 1.18 bits per heavy atom. The van der Waals surface area contributed by atoms with Crippen LogP contribution < -0.4 is 31.1 Å². The van der Waals surface area contributed by atoms with E-state index in [2.05, 4.69) is 37.3 Å². The molecule has 0 spiro atoms. The highest BCUT2D eigenvalue weighted by molar-refractivity contribution is 7.95. The number of hydrogen-bond acceptors (Lipinski definition) is 16. The summed E-state index contributed by atoms with van der Waals surface area (Å²) < 4.78 is 168.